The van der Waals surface area contributed by atoms with Crippen molar-refractivity contribution in [3.63, 3.8) is 0 Å². The van der Waals surface area contributed by atoms with Crippen LogP contribution >= 0.6 is 0 Å². The molecule has 21 heavy (non-hydrogen) atoms. The number of aryl methyl sites for hydroxylation is 1. The van der Waals surface area contributed by atoms with Crippen LogP contribution in [0.4, 0.5) is 0 Å². The van der Waals surface area contributed by atoms with Crippen molar-refractivity contribution in [2.45, 2.75) is 47.1 Å². The summed E-state index contributed by atoms with van der Waals surface area (Å²) in [6.07, 6.45) is 2.44. The van der Waals surface area contributed by atoms with Crippen molar-refractivity contribution in [3.8, 4) is 0 Å². The highest BCUT2D eigenvalue weighted by Crippen LogP contribution is 2.34. The summed E-state index contributed by atoms with van der Waals surface area (Å²) in [5.41, 5.74) is 3.06. The Labute approximate surface area is 126 Å². The van der Waals surface area contributed by atoms with Gasteiger partial charge in [0.1, 0.15) is 11.5 Å². The maximum Gasteiger partial charge on any atom is 0.268 e. The summed E-state index contributed by atoms with van der Waals surface area (Å²) in [5.74, 6) is 7.11. The highest BCUT2D eigenvalue weighted by atomic mass is 16.3. The van der Waals surface area contributed by atoms with Crippen molar-refractivity contribution in [3.05, 3.63) is 23.2 Å². The van der Waals surface area contributed by atoms with E-state index < -0.39 is 0 Å². The van der Waals surface area contributed by atoms with Crippen LogP contribution in [-0.4, -0.2) is 23.9 Å². The van der Waals surface area contributed by atoms with E-state index in [2.05, 4.69) is 31.1 Å². The van der Waals surface area contributed by atoms with Gasteiger partial charge in [0.05, 0.1) is 12.1 Å². The third-order valence-corrected chi connectivity index (χ3v) is 4.54. The van der Waals surface area contributed by atoms with E-state index >= 15 is 0 Å². The van der Waals surface area contributed by atoms with Crippen LogP contribution in [0.3, 0.4) is 0 Å². The number of carbonyl (C=O) groups excluding carboxylic acids is 1. The van der Waals surface area contributed by atoms with Gasteiger partial charge < -0.3 is 4.42 Å². The molecule has 2 rings (SSSR count). The number of hydrazine groups is 1. The van der Waals surface area contributed by atoms with Gasteiger partial charge in [0.25, 0.3) is 5.91 Å². The Bertz CT molecular complexity index is 494. The Morgan fingerprint density at radius 2 is 2.05 bits per heavy atom. The zero-order valence-electron chi connectivity index (χ0n) is 13.5. The Kier molecular flexibility index (Phi) is 4.74. The second kappa shape index (κ2) is 6.20. The molecule has 1 aliphatic rings. The lowest BCUT2D eigenvalue weighted by Crippen LogP contribution is -2.37. The number of likely N-dealkylation sites (tertiary alicyclic amines) is 1. The van der Waals surface area contributed by atoms with Crippen molar-refractivity contribution < 1.29 is 9.21 Å². The van der Waals surface area contributed by atoms with Gasteiger partial charge in [-0.05, 0) is 50.3 Å². The number of nitrogen functional groups attached to an aromatic ring is 1. The summed E-state index contributed by atoms with van der Waals surface area (Å²) < 4.78 is 5.68. The Balaban J connectivity index is 1.94. The van der Waals surface area contributed by atoms with Crippen LogP contribution in [0.25, 0.3) is 0 Å². The molecule has 5 nitrogen and oxygen atoms in total. The van der Waals surface area contributed by atoms with Crippen LogP contribution in [0.1, 0.15) is 55.5 Å². The normalized spacial score (nSPS) is 18.0. The minimum atomic E-state index is -0.297. The molecule has 3 N–H and O–H groups in total. The number of nitrogens with one attached hydrogen (secondary N) is 1. The van der Waals surface area contributed by atoms with Crippen LogP contribution in [0, 0.1) is 18.3 Å². The fourth-order valence-corrected chi connectivity index (χ4v) is 3.10. The molecular weight excluding hydrogens is 266 g/mol. The van der Waals surface area contributed by atoms with Crippen molar-refractivity contribution in [1.29, 1.82) is 0 Å². The number of hydrogen-bond donors (Lipinski definition) is 2. The molecule has 0 radical (unpaired) electrons. The standard InChI is InChI=1S/C16H27N3O2/c1-11-14(15(20)18-17)9-13(21-11)10-19-7-5-12(6-8-19)16(2,3)4/h9,12H,5-8,10,17H2,1-4H3,(H,18,20). The van der Waals surface area contributed by atoms with Gasteiger partial charge in [-0.15, -0.1) is 0 Å². The first-order valence-corrected chi connectivity index (χ1v) is 7.64. The van der Waals surface area contributed by atoms with Crippen molar-refractivity contribution in [2.24, 2.45) is 17.2 Å². The summed E-state index contributed by atoms with van der Waals surface area (Å²) >= 11 is 0. The van der Waals surface area contributed by atoms with Gasteiger partial charge in [0, 0.05) is 0 Å². The molecule has 1 amide bonds. The number of piperidine rings is 1. The predicted octanol–water partition coefficient (Wildman–Crippen LogP) is 2.45. The van der Waals surface area contributed by atoms with Gasteiger partial charge in [0.15, 0.2) is 0 Å². The highest BCUT2D eigenvalue weighted by Gasteiger charge is 2.29. The number of rotatable bonds is 3. The third kappa shape index (κ3) is 3.86. The van der Waals surface area contributed by atoms with Crippen molar-refractivity contribution in [1.82, 2.24) is 10.3 Å². The lowest BCUT2D eigenvalue weighted by molar-refractivity contribution is 0.0952. The lowest BCUT2D eigenvalue weighted by atomic mass is 9.75. The number of hydrogen-bond acceptors (Lipinski definition) is 4. The van der Waals surface area contributed by atoms with Gasteiger partial charge >= 0.3 is 0 Å². The summed E-state index contributed by atoms with van der Waals surface area (Å²) in [6, 6.07) is 1.80. The molecule has 0 aromatic carbocycles. The van der Waals surface area contributed by atoms with Crippen LogP contribution in [0.15, 0.2) is 10.5 Å². The number of amides is 1. The van der Waals surface area contributed by atoms with E-state index in [4.69, 9.17) is 10.3 Å². The molecule has 1 aromatic heterocycles. The number of carbonyl (C=O) groups is 1. The largest absolute Gasteiger partial charge is 0.464 e. The molecule has 0 spiro atoms. The Hall–Kier alpha value is -1.33. The lowest BCUT2D eigenvalue weighted by Gasteiger charge is -2.38. The SMILES string of the molecule is Cc1oc(CN2CCC(C(C)(C)C)CC2)cc1C(=O)NN. The maximum atomic E-state index is 11.6. The number of nitrogens with zero attached hydrogens (tertiary/aromatic N) is 1. The minimum absolute atomic E-state index is 0.297. The molecule has 2 heterocycles. The summed E-state index contributed by atoms with van der Waals surface area (Å²) in [5, 5.41) is 0. The molecule has 0 bridgehead atoms. The fourth-order valence-electron chi connectivity index (χ4n) is 3.10. The molecule has 1 aromatic rings. The van der Waals surface area contributed by atoms with E-state index in [0.717, 1.165) is 31.3 Å². The molecule has 5 heteroatoms. The van der Waals surface area contributed by atoms with Gasteiger partial charge in [-0.25, -0.2) is 5.84 Å². The molecule has 1 aliphatic heterocycles. The van der Waals surface area contributed by atoms with Gasteiger partial charge in [0.2, 0.25) is 0 Å². The maximum absolute atomic E-state index is 11.6. The predicted molar refractivity (Wildman–Crippen MR) is 82.6 cm³/mol. The quantitative estimate of drug-likeness (QED) is 0.510. The monoisotopic (exact) mass is 293 g/mol. The number of furan rings is 1. The van der Waals surface area contributed by atoms with Crippen molar-refractivity contribution in [2.75, 3.05) is 13.1 Å². The van der Waals surface area contributed by atoms with E-state index in [-0.39, 0.29) is 5.91 Å². The Morgan fingerprint density at radius 1 is 1.43 bits per heavy atom. The van der Waals surface area contributed by atoms with Gasteiger partial charge in [-0.3, -0.25) is 15.1 Å². The van der Waals surface area contributed by atoms with Gasteiger partial charge in [-0.1, -0.05) is 20.8 Å². The topological polar surface area (TPSA) is 71.5 Å². The second-order valence-corrected chi connectivity index (χ2v) is 7.07. The summed E-state index contributed by atoms with van der Waals surface area (Å²) in [4.78, 5) is 14.0. The third-order valence-electron chi connectivity index (χ3n) is 4.54. The van der Waals surface area contributed by atoms with E-state index in [1.165, 1.54) is 12.8 Å². The second-order valence-electron chi connectivity index (χ2n) is 7.07. The zero-order valence-corrected chi connectivity index (χ0v) is 13.5. The van der Waals surface area contributed by atoms with Crippen molar-refractivity contribution >= 4 is 5.91 Å². The van der Waals surface area contributed by atoms with Crippen LogP contribution in [-0.2, 0) is 6.54 Å². The average molecular weight is 293 g/mol. The molecule has 0 atom stereocenters. The minimum Gasteiger partial charge on any atom is -0.464 e. The van der Waals surface area contributed by atoms with Crippen LogP contribution in [0.5, 0.6) is 0 Å². The highest BCUT2D eigenvalue weighted by molar-refractivity contribution is 5.94. The first kappa shape index (κ1) is 16.0. The van der Waals surface area contributed by atoms with Crippen LogP contribution in [0.2, 0.25) is 0 Å². The Morgan fingerprint density at radius 3 is 2.57 bits per heavy atom. The average Bonchev–Trinajstić information content (AvgIpc) is 2.78. The molecule has 0 saturated carbocycles. The molecule has 118 valence electrons. The summed E-state index contributed by atoms with van der Waals surface area (Å²) in [7, 11) is 0. The smallest absolute Gasteiger partial charge is 0.268 e. The first-order valence-electron chi connectivity index (χ1n) is 7.64. The fraction of sp³-hybridized carbons (Fsp3) is 0.688. The number of nitrogens with two attached hydrogens (primary N) is 1. The first-order chi connectivity index (χ1) is 9.81. The zero-order chi connectivity index (χ0) is 15.6. The van der Waals surface area contributed by atoms with E-state index in [0.29, 0.717) is 16.7 Å². The molecular formula is C16H27N3O2. The van der Waals surface area contributed by atoms with Gasteiger partial charge in [-0.2, -0.15) is 0 Å². The van der Waals surface area contributed by atoms with E-state index in [1.54, 1.807) is 13.0 Å². The molecule has 1 saturated heterocycles. The van der Waals surface area contributed by atoms with Crippen LogP contribution < -0.4 is 11.3 Å². The summed E-state index contributed by atoms with van der Waals surface area (Å²) in [6.45, 7) is 11.7. The van der Waals surface area contributed by atoms with E-state index in [9.17, 15) is 4.79 Å². The van der Waals surface area contributed by atoms with E-state index in [1.807, 2.05) is 0 Å². The molecule has 0 unspecified atom stereocenters. The molecule has 1 fully saturated rings. The molecule has 0 aliphatic carbocycles.